The first kappa shape index (κ1) is 15.3. The average Bonchev–Trinajstić information content (AvgIpc) is 3.03. The molecule has 0 bridgehead atoms. The highest BCUT2D eigenvalue weighted by Gasteiger charge is 2.18. The summed E-state index contributed by atoms with van der Waals surface area (Å²) in [7, 11) is -1.95. The van der Waals surface area contributed by atoms with E-state index in [1.807, 2.05) is 30.3 Å². The van der Waals surface area contributed by atoms with E-state index in [2.05, 4.69) is 5.16 Å². The van der Waals surface area contributed by atoms with Crippen molar-refractivity contribution in [3.63, 3.8) is 0 Å². The van der Waals surface area contributed by atoms with E-state index < -0.39 is 9.84 Å². The summed E-state index contributed by atoms with van der Waals surface area (Å²) < 4.78 is 35.1. The molecular weight excluding hydrogens is 314 g/mol. The molecule has 3 rings (SSSR count). The van der Waals surface area contributed by atoms with Crippen LogP contribution in [0.3, 0.4) is 0 Å². The van der Waals surface area contributed by atoms with Crippen LogP contribution < -0.4 is 4.74 Å². The monoisotopic (exact) mass is 329 g/mol. The van der Waals surface area contributed by atoms with E-state index in [0.29, 0.717) is 17.2 Å². The molecule has 1 heterocycles. The predicted octanol–water partition coefficient (Wildman–Crippen LogP) is 3.32. The minimum Gasteiger partial charge on any atom is -0.497 e. The van der Waals surface area contributed by atoms with Gasteiger partial charge in [-0.15, -0.1) is 0 Å². The number of aromatic nitrogens is 1. The summed E-state index contributed by atoms with van der Waals surface area (Å²) in [6.07, 6.45) is 0. The minimum absolute atomic E-state index is 0.213. The van der Waals surface area contributed by atoms with Crippen LogP contribution in [0.1, 0.15) is 5.69 Å². The molecule has 0 unspecified atom stereocenters. The molecule has 0 aliphatic carbocycles. The number of methoxy groups -OCH3 is 1. The van der Waals surface area contributed by atoms with E-state index in [9.17, 15) is 8.42 Å². The lowest BCUT2D eigenvalue weighted by Crippen LogP contribution is -2.05. The molecule has 0 aliphatic heterocycles. The smallest absolute Gasteiger partial charge is 0.184 e. The lowest BCUT2D eigenvalue weighted by molar-refractivity contribution is 0.414. The van der Waals surface area contributed by atoms with Crippen LogP contribution in [-0.2, 0) is 15.6 Å². The molecule has 23 heavy (non-hydrogen) atoms. The molecule has 0 saturated carbocycles. The molecule has 1 aromatic heterocycles. The maximum Gasteiger partial charge on any atom is 0.184 e. The fourth-order valence-corrected chi connectivity index (χ4v) is 3.42. The number of sulfone groups is 1. The molecule has 2 aromatic carbocycles. The number of hydrogen-bond acceptors (Lipinski definition) is 5. The second kappa shape index (κ2) is 6.26. The van der Waals surface area contributed by atoms with Gasteiger partial charge in [0.05, 0.1) is 17.7 Å². The van der Waals surface area contributed by atoms with Crippen LogP contribution in [-0.4, -0.2) is 20.7 Å². The van der Waals surface area contributed by atoms with Gasteiger partial charge in [-0.1, -0.05) is 35.5 Å². The summed E-state index contributed by atoms with van der Waals surface area (Å²) in [4.78, 5) is 0.225. The molecule has 0 saturated heterocycles. The molecular formula is C17H15NO4S. The average molecular weight is 329 g/mol. The highest BCUT2D eigenvalue weighted by atomic mass is 32.2. The lowest BCUT2D eigenvalue weighted by atomic mass is 10.2. The Balaban J connectivity index is 1.82. The summed E-state index contributed by atoms with van der Waals surface area (Å²) in [6, 6.07) is 17.3. The zero-order chi connectivity index (χ0) is 16.3. The first-order valence-corrected chi connectivity index (χ1v) is 8.61. The maximum absolute atomic E-state index is 12.4. The van der Waals surface area contributed by atoms with Gasteiger partial charge in [0.25, 0.3) is 0 Å². The Morgan fingerprint density at radius 2 is 1.74 bits per heavy atom. The molecule has 0 N–H and O–H groups in total. The Labute approximate surface area is 134 Å². The van der Waals surface area contributed by atoms with E-state index in [4.69, 9.17) is 9.26 Å². The lowest BCUT2D eigenvalue weighted by Gasteiger charge is -2.03. The van der Waals surface area contributed by atoms with E-state index in [0.717, 1.165) is 5.56 Å². The first-order chi connectivity index (χ1) is 11.1. The Kier molecular flexibility index (Phi) is 4.16. The van der Waals surface area contributed by atoms with Crippen molar-refractivity contribution < 1.29 is 17.7 Å². The number of rotatable bonds is 5. The number of benzene rings is 2. The van der Waals surface area contributed by atoms with Crippen molar-refractivity contribution in [1.29, 1.82) is 0 Å². The van der Waals surface area contributed by atoms with Crippen molar-refractivity contribution in [3.05, 3.63) is 66.4 Å². The quantitative estimate of drug-likeness (QED) is 0.718. The third-order valence-electron chi connectivity index (χ3n) is 3.37. The van der Waals surface area contributed by atoms with Crippen LogP contribution in [0.25, 0.3) is 11.3 Å². The van der Waals surface area contributed by atoms with Crippen molar-refractivity contribution in [3.8, 4) is 17.1 Å². The SMILES string of the molecule is COc1ccc(S(=O)(=O)Cc2cc(-c3ccccc3)on2)cc1. The summed E-state index contributed by atoms with van der Waals surface area (Å²) in [5.74, 6) is 0.942. The van der Waals surface area contributed by atoms with Gasteiger partial charge < -0.3 is 9.26 Å². The van der Waals surface area contributed by atoms with Gasteiger partial charge in [-0.25, -0.2) is 8.42 Å². The zero-order valence-corrected chi connectivity index (χ0v) is 13.3. The van der Waals surface area contributed by atoms with Gasteiger partial charge in [0.15, 0.2) is 15.6 Å². The maximum atomic E-state index is 12.4. The van der Waals surface area contributed by atoms with Crippen molar-refractivity contribution >= 4 is 9.84 Å². The second-order valence-electron chi connectivity index (χ2n) is 4.98. The molecule has 0 radical (unpaired) electrons. The molecule has 118 valence electrons. The number of nitrogens with zero attached hydrogens (tertiary/aromatic N) is 1. The Morgan fingerprint density at radius 1 is 1.04 bits per heavy atom. The van der Waals surface area contributed by atoms with E-state index >= 15 is 0 Å². The molecule has 3 aromatic rings. The minimum atomic E-state index is -3.49. The van der Waals surface area contributed by atoms with Crippen LogP contribution in [0.4, 0.5) is 0 Å². The van der Waals surface area contributed by atoms with Crippen molar-refractivity contribution in [2.24, 2.45) is 0 Å². The Bertz CT molecular complexity index is 884. The molecule has 0 atom stereocenters. The normalized spacial score (nSPS) is 11.3. The summed E-state index contributed by atoms with van der Waals surface area (Å²) in [5, 5.41) is 3.86. The van der Waals surface area contributed by atoms with Crippen molar-refractivity contribution in [2.75, 3.05) is 7.11 Å². The highest BCUT2D eigenvalue weighted by Crippen LogP contribution is 2.23. The van der Waals surface area contributed by atoms with E-state index in [1.165, 1.54) is 19.2 Å². The largest absolute Gasteiger partial charge is 0.497 e. The van der Waals surface area contributed by atoms with Crippen LogP contribution in [0.15, 0.2) is 70.1 Å². The number of hydrogen-bond donors (Lipinski definition) is 0. The summed E-state index contributed by atoms with van der Waals surface area (Å²) in [6.45, 7) is 0. The van der Waals surface area contributed by atoms with E-state index in [-0.39, 0.29) is 10.6 Å². The Hall–Kier alpha value is -2.60. The van der Waals surface area contributed by atoms with Gasteiger partial charge in [-0.3, -0.25) is 0 Å². The molecule has 0 aliphatic rings. The second-order valence-corrected chi connectivity index (χ2v) is 6.97. The van der Waals surface area contributed by atoms with Crippen molar-refractivity contribution in [2.45, 2.75) is 10.6 Å². The fraction of sp³-hybridized carbons (Fsp3) is 0.118. The zero-order valence-electron chi connectivity index (χ0n) is 12.5. The highest BCUT2D eigenvalue weighted by molar-refractivity contribution is 7.90. The van der Waals surface area contributed by atoms with Gasteiger partial charge in [0, 0.05) is 11.6 Å². The molecule has 0 amide bonds. The first-order valence-electron chi connectivity index (χ1n) is 6.96. The van der Waals surface area contributed by atoms with E-state index in [1.54, 1.807) is 18.2 Å². The van der Waals surface area contributed by atoms with Gasteiger partial charge in [0.1, 0.15) is 11.5 Å². The van der Waals surface area contributed by atoms with Gasteiger partial charge >= 0.3 is 0 Å². The summed E-state index contributed by atoms with van der Waals surface area (Å²) in [5.41, 5.74) is 1.23. The van der Waals surface area contributed by atoms with Crippen LogP contribution >= 0.6 is 0 Å². The molecule has 0 spiro atoms. The van der Waals surface area contributed by atoms with Gasteiger partial charge in [-0.2, -0.15) is 0 Å². The van der Waals surface area contributed by atoms with Crippen LogP contribution in [0, 0.1) is 0 Å². The molecule has 6 heteroatoms. The van der Waals surface area contributed by atoms with Gasteiger partial charge in [-0.05, 0) is 24.3 Å². The topological polar surface area (TPSA) is 69.4 Å². The Morgan fingerprint density at radius 3 is 2.39 bits per heavy atom. The van der Waals surface area contributed by atoms with Crippen LogP contribution in [0.5, 0.6) is 5.75 Å². The molecule has 5 nitrogen and oxygen atoms in total. The number of ether oxygens (including phenoxy) is 1. The fourth-order valence-electron chi connectivity index (χ4n) is 2.18. The van der Waals surface area contributed by atoms with Crippen LogP contribution in [0.2, 0.25) is 0 Å². The van der Waals surface area contributed by atoms with Crippen molar-refractivity contribution in [1.82, 2.24) is 5.16 Å². The predicted molar refractivity (Wildman–Crippen MR) is 85.8 cm³/mol. The molecule has 0 fully saturated rings. The standard InChI is InChI=1S/C17H15NO4S/c1-21-15-7-9-16(10-8-15)23(19,20)12-14-11-17(22-18-14)13-5-3-2-4-6-13/h2-11H,12H2,1H3. The third kappa shape index (κ3) is 3.43. The third-order valence-corrected chi connectivity index (χ3v) is 5.04. The summed E-state index contributed by atoms with van der Waals surface area (Å²) >= 11 is 0. The van der Waals surface area contributed by atoms with Gasteiger partial charge in [0.2, 0.25) is 0 Å².